The van der Waals surface area contributed by atoms with Crippen LogP contribution in [0.4, 0.5) is 0 Å². The van der Waals surface area contributed by atoms with Crippen molar-refractivity contribution in [3.63, 3.8) is 0 Å². The summed E-state index contributed by atoms with van der Waals surface area (Å²) < 4.78 is 16.0. The van der Waals surface area contributed by atoms with Gasteiger partial charge in [-0.15, -0.1) is 0 Å². The van der Waals surface area contributed by atoms with Crippen LogP contribution in [0.25, 0.3) is 0 Å². The summed E-state index contributed by atoms with van der Waals surface area (Å²) in [6, 6.07) is 3.79. The Hall–Kier alpha value is -1.05. The minimum atomic E-state index is -0.0138. The van der Waals surface area contributed by atoms with Crippen molar-refractivity contribution in [3.8, 4) is 11.5 Å². The van der Waals surface area contributed by atoms with E-state index in [0.29, 0.717) is 23.1 Å². The molecular formula is C13H18ClN3O3. The van der Waals surface area contributed by atoms with Gasteiger partial charge in [0.1, 0.15) is 0 Å². The summed E-state index contributed by atoms with van der Waals surface area (Å²) in [6.07, 6.45) is 0. The minimum Gasteiger partial charge on any atom is -0.454 e. The third-order valence-corrected chi connectivity index (χ3v) is 3.72. The van der Waals surface area contributed by atoms with Crippen molar-refractivity contribution in [1.29, 1.82) is 0 Å². The summed E-state index contributed by atoms with van der Waals surface area (Å²) in [5, 5.41) is 2.68. The molecule has 2 aliphatic heterocycles. The zero-order valence-corrected chi connectivity index (χ0v) is 11.9. The molecule has 0 spiro atoms. The van der Waals surface area contributed by atoms with Gasteiger partial charge in [-0.3, -0.25) is 0 Å². The summed E-state index contributed by atoms with van der Waals surface area (Å²) in [6.45, 7) is 3.82. The highest BCUT2D eigenvalue weighted by molar-refractivity contribution is 6.32. The molecule has 6 nitrogen and oxygen atoms in total. The number of hydrazine groups is 1. The average molecular weight is 300 g/mol. The molecule has 0 bridgehead atoms. The van der Waals surface area contributed by atoms with Gasteiger partial charge in [-0.1, -0.05) is 11.6 Å². The fourth-order valence-electron chi connectivity index (χ4n) is 2.36. The maximum Gasteiger partial charge on any atom is 0.231 e. The topological polar surface area (TPSA) is 69.0 Å². The number of morpholine rings is 1. The van der Waals surface area contributed by atoms with Gasteiger partial charge in [0, 0.05) is 19.6 Å². The lowest BCUT2D eigenvalue weighted by atomic mass is 10.1. The van der Waals surface area contributed by atoms with Crippen LogP contribution in [-0.2, 0) is 4.74 Å². The largest absolute Gasteiger partial charge is 0.454 e. The Morgan fingerprint density at radius 1 is 1.30 bits per heavy atom. The van der Waals surface area contributed by atoms with Crippen LogP contribution in [0.5, 0.6) is 11.5 Å². The van der Waals surface area contributed by atoms with Crippen molar-refractivity contribution in [2.75, 3.05) is 39.6 Å². The molecule has 0 radical (unpaired) electrons. The zero-order valence-electron chi connectivity index (χ0n) is 11.1. The maximum absolute atomic E-state index is 6.21. The van der Waals surface area contributed by atoms with Crippen LogP contribution in [0.15, 0.2) is 12.1 Å². The van der Waals surface area contributed by atoms with Gasteiger partial charge in [-0.05, 0) is 17.7 Å². The Kier molecular flexibility index (Phi) is 4.28. The number of nitrogens with one attached hydrogen (secondary N) is 1. The lowest BCUT2D eigenvalue weighted by molar-refractivity contribution is 0.00403. The third-order valence-electron chi connectivity index (χ3n) is 3.44. The molecule has 1 saturated heterocycles. The van der Waals surface area contributed by atoms with E-state index < -0.39 is 0 Å². The second kappa shape index (κ2) is 6.15. The smallest absolute Gasteiger partial charge is 0.231 e. The van der Waals surface area contributed by atoms with E-state index in [1.54, 1.807) is 0 Å². The molecule has 1 fully saturated rings. The van der Waals surface area contributed by atoms with Crippen LogP contribution in [0.1, 0.15) is 11.6 Å². The van der Waals surface area contributed by atoms with Crippen molar-refractivity contribution in [3.05, 3.63) is 22.7 Å². The van der Waals surface area contributed by atoms with E-state index in [4.69, 9.17) is 31.5 Å². The standard InChI is InChI=1S/C13H18ClN3O3/c14-10-5-9(6-12-13(10)20-8-19-12)11(7-15)16-17-1-3-18-4-2-17/h5-6,11,16H,1-4,7-8,15H2. The molecule has 0 saturated carbocycles. The molecule has 0 aromatic heterocycles. The molecule has 7 heteroatoms. The van der Waals surface area contributed by atoms with Gasteiger partial charge in [0.25, 0.3) is 0 Å². The first-order valence-corrected chi connectivity index (χ1v) is 7.03. The van der Waals surface area contributed by atoms with E-state index in [-0.39, 0.29) is 12.8 Å². The quantitative estimate of drug-likeness (QED) is 0.861. The number of nitrogens with zero attached hydrogens (tertiary/aromatic N) is 1. The Morgan fingerprint density at radius 3 is 2.85 bits per heavy atom. The number of ether oxygens (including phenoxy) is 3. The number of fused-ring (bicyclic) bond motifs is 1. The Balaban J connectivity index is 1.76. The fraction of sp³-hybridized carbons (Fsp3) is 0.538. The van der Waals surface area contributed by atoms with E-state index in [9.17, 15) is 0 Å². The van der Waals surface area contributed by atoms with Crippen molar-refractivity contribution >= 4 is 11.6 Å². The first-order valence-electron chi connectivity index (χ1n) is 6.66. The first kappa shape index (κ1) is 13.9. The van der Waals surface area contributed by atoms with Crippen LogP contribution >= 0.6 is 11.6 Å². The Labute approximate surface area is 122 Å². The molecule has 20 heavy (non-hydrogen) atoms. The van der Waals surface area contributed by atoms with Gasteiger partial charge < -0.3 is 19.9 Å². The summed E-state index contributed by atoms with van der Waals surface area (Å²) in [5.74, 6) is 1.28. The van der Waals surface area contributed by atoms with Gasteiger partial charge >= 0.3 is 0 Å². The summed E-state index contributed by atoms with van der Waals surface area (Å²) in [7, 11) is 0. The fourth-order valence-corrected chi connectivity index (χ4v) is 2.64. The van der Waals surface area contributed by atoms with E-state index >= 15 is 0 Å². The van der Waals surface area contributed by atoms with Crippen LogP contribution in [0.3, 0.4) is 0 Å². The molecule has 2 heterocycles. The molecule has 0 amide bonds. The van der Waals surface area contributed by atoms with E-state index in [1.165, 1.54) is 0 Å². The third kappa shape index (κ3) is 2.84. The van der Waals surface area contributed by atoms with Crippen molar-refractivity contribution in [1.82, 2.24) is 10.4 Å². The van der Waals surface area contributed by atoms with Gasteiger partial charge in [0.15, 0.2) is 11.5 Å². The van der Waals surface area contributed by atoms with Gasteiger partial charge in [-0.25, -0.2) is 10.4 Å². The molecule has 3 rings (SSSR count). The minimum absolute atomic E-state index is 0.0138. The highest BCUT2D eigenvalue weighted by Crippen LogP contribution is 2.40. The van der Waals surface area contributed by atoms with Gasteiger partial charge in [0.05, 0.1) is 24.3 Å². The summed E-state index contributed by atoms with van der Waals surface area (Å²) in [4.78, 5) is 0. The maximum atomic E-state index is 6.21. The zero-order chi connectivity index (χ0) is 13.9. The Morgan fingerprint density at radius 2 is 2.10 bits per heavy atom. The Bertz CT molecular complexity index is 480. The van der Waals surface area contributed by atoms with Crippen LogP contribution < -0.4 is 20.6 Å². The number of rotatable bonds is 4. The summed E-state index contributed by atoms with van der Waals surface area (Å²) in [5.41, 5.74) is 10.3. The van der Waals surface area contributed by atoms with E-state index in [1.807, 2.05) is 12.1 Å². The van der Waals surface area contributed by atoms with Gasteiger partial charge in [-0.2, -0.15) is 0 Å². The van der Waals surface area contributed by atoms with Crippen molar-refractivity contribution in [2.24, 2.45) is 5.73 Å². The van der Waals surface area contributed by atoms with Crippen molar-refractivity contribution < 1.29 is 14.2 Å². The summed E-state index contributed by atoms with van der Waals surface area (Å²) >= 11 is 6.21. The van der Waals surface area contributed by atoms with Gasteiger partial charge in [0.2, 0.25) is 6.79 Å². The molecule has 1 aromatic carbocycles. The predicted octanol–water partition coefficient (Wildman–Crippen LogP) is 0.905. The van der Waals surface area contributed by atoms with E-state index in [0.717, 1.165) is 31.9 Å². The molecule has 3 N–H and O–H groups in total. The number of hydrogen-bond donors (Lipinski definition) is 2. The van der Waals surface area contributed by atoms with Crippen LogP contribution in [0, 0.1) is 0 Å². The second-order valence-corrected chi connectivity index (χ2v) is 5.16. The molecule has 1 unspecified atom stereocenters. The average Bonchev–Trinajstić information content (AvgIpc) is 2.95. The monoisotopic (exact) mass is 299 g/mol. The first-order chi connectivity index (χ1) is 9.78. The highest BCUT2D eigenvalue weighted by atomic mass is 35.5. The SMILES string of the molecule is NCC(NN1CCOCC1)c1cc(Cl)c2c(c1)OCO2. The number of nitrogens with two attached hydrogens (primary N) is 1. The van der Waals surface area contributed by atoms with E-state index in [2.05, 4.69) is 10.4 Å². The highest BCUT2D eigenvalue weighted by Gasteiger charge is 2.22. The molecule has 1 atom stereocenters. The predicted molar refractivity (Wildman–Crippen MR) is 74.9 cm³/mol. The lowest BCUT2D eigenvalue weighted by Crippen LogP contribution is -2.48. The molecular weight excluding hydrogens is 282 g/mol. The molecule has 1 aromatic rings. The molecule has 2 aliphatic rings. The normalized spacial score (nSPS) is 20.1. The molecule has 110 valence electrons. The number of benzene rings is 1. The number of hydrogen-bond acceptors (Lipinski definition) is 6. The molecule has 0 aliphatic carbocycles. The van der Waals surface area contributed by atoms with Crippen LogP contribution in [0.2, 0.25) is 5.02 Å². The number of halogens is 1. The lowest BCUT2D eigenvalue weighted by Gasteiger charge is -2.31. The second-order valence-electron chi connectivity index (χ2n) is 4.75. The van der Waals surface area contributed by atoms with Crippen LogP contribution in [-0.4, -0.2) is 44.6 Å². The van der Waals surface area contributed by atoms with Crippen molar-refractivity contribution in [2.45, 2.75) is 6.04 Å².